The highest BCUT2D eigenvalue weighted by Crippen LogP contribution is 2.16. The van der Waals surface area contributed by atoms with Gasteiger partial charge in [-0.1, -0.05) is 50.1 Å². The summed E-state index contributed by atoms with van der Waals surface area (Å²) in [7, 11) is 1.49. The molecule has 1 rings (SSSR count). The van der Waals surface area contributed by atoms with E-state index in [0.29, 0.717) is 0 Å². The fraction of sp³-hybridized carbons (Fsp3) is 0.588. The molecule has 4 heteroatoms. The van der Waals surface area contributed by atoms with E-state index in [2.05, 4.69) is 36.5 Å². The van der Waals surface area contributed by atoms with Crippen LogP contribution in [0.3, 0.4) is 0 Å². The van der Waals surface area contributed by atoms with Gasteiger partial charge < -0.3 is 9.97 Å². The summed E-state index contributed by atoms with van der Waals surface area (Å²) in [5.41, 5.74) is 1.36. The lowest BCUT2D eigenvalue weighted by Gasteiger charge is -2.14. The van der Waals surface area contributed by atoms with E-state index < -0.39 is 0 Å². The first-order valence-electron chi connectivity index (χ1n) is 8.10. The number of benzene rings is 1. The van der Waals surface area contributed by atoms with Crippen molar-refractivity contribution in [3.63, 3.8) is 0 Å². The van der Waals surface area contributed by atoms with E-state index in [-0.39, 0.29) is 11.9 Å². The van der Waals surface area contributed by atoms with Crippen LogP contribution in [-0.4, -0.2) is 27.1 Å². The quantitative estimate of drug-likeness (QED) is 0.502. The molecule has 0 aromatic heterocycles. The second-order valence-electron chi connectivity index (χ2n) is 5.49. The first-order valence-corrected chi connectivity index (χ1v) is 8.10. The summed E-state index contributed by atoms with van der Waals surface area (Å²) in [5, 5.41) is 3.45. The Labute approximate surface area is 129 Å². The average Bonchev–Trinajstić information content (AvgIpc) is 2.53. The van der Waals surface area contributed by atoms with Crippen molar-refractivity contribution in [3.05, 3.63) is 35.9 Å². The molecule has 0 spiro atoms. The van der Waals surface area contributed by atoms with Crippen molar-refractivity contribution in [2.45, 2.75) is 45.4 Å². The molecule has 1 unspecified atom stereocenters. The number of nitrogens with one attached hydrogen (secondary N) is 1. The van der Waals surface area contributed by atoms with Gasteiger partial charge in [-0.05, 0) is 44.3 Å². The van der Waals surface area contributed by atoms with Crippen LogP contribution >= 0.6 is 0 Å². The Hall–Kier alpha value is -1.29. The van der Waals surface area contributed by atoms with Gasteiger partial charge in [-0.15, -0.1) is 0 Å². The lowest BCUT2D eigenvalue weighted by Crippen LogP contribution is -2.22. The molecule has 0 saturated heterocycles. The van der Waals surface area contributed by atoms with Gasteiger partial charge in [0.1, 0.15) is 0 Å². The number of hydrogen-bond donors (Lipinski definition) is 1. The first kappa shape index (κ1) is 17.8. The summed E-state index contributed by atoms with van der Waals surface area (Å²) in [6, 6.07) is 10.5. The maximum atomic E-state index is 11.7. The van der Waals surface area contributed by atoms with Gasteiger partial charge in [0.15, 0.2) is 0 Å². The molecule has 116 valence electrons. The van der Waals surface area contributed by atoms with Gasteiger partial charge in [0, 0.05) is 0 Å². The van der Waals surface area contributed by atoms with E-state index in [1.807, 2.05) is 6.07 Å². The monoisotopic (exact) mass is 289 g/mol. The minimum absolute atomic E-state index is 0.0484. The van der Waals surface area contributed by atoms with E-state index in [9.17, 15) is 4.79 Å². The van der Waals surface area contributed by atoms with Gasteiger partial charge >= 0.3 is 8.05 Å². The van der Waals surface area contributed by atoms with E-state index in [1.165, 1.54) is 13.6 Å². The SMILES string of the molecule is BOC(=O)C(CCCC)CCCNCCc1ccccc1. The molecule has 0 radical (unpaired) electrons. The molecule has 3 nitrogen and oxygen atoms in total. The Balaban J connectivity index is 2.11. The smallest absolute Gasteiger partial charge is 0.325 e. The molecule has 0 fully saturated rings. The van der Waals surface area contributed by atoms with Crippen LogP contribution in [0.15, 0.2) is 30.3 Å². The highest BCUT2D eigenvalue weighted by Gasteiger charge is 2.17. The number of unbranched alkanes of at least 4 members (excludes halogenated alkanes) is 1. The molecule has 1 aromatic carbocycles. The summed E-state index contributed by atoms with van der Waals surface area (Å²) >= 11 is 0. The molecule has 0 aliphatic carbocycles. The van der Waals surface area contributed by atoms with Crippen molar-refractivity contribution in [1.29, 1.82) is 0 Å². The van der Waals surface area contributed by atoms with Crippen LogP contribution < -0.4 is 5.32 Å². The molecule has 0 aliphatic heterocycles. The molecule has 21 heavy (non-hydrogen) atoms. The maximum Gasteiger partial charge on any atom is 0.325 e. The molecule has 0 aliphatic rings. The molecular formula is C17H28BNO2. The number of carbonyl (C=O) groups excluding carboxylic acids is 1. The van der Waals surface area contributed by atoms with Gasteiger partial charge in [0.2, 0.25) is 0 Å². The molecule has 0 bridgehead atoms. The zero-order valence-corrected chi connectivity index (χ0v) is 13.4. The van der Waals surface area contributed by atoms with Crippen molar-refractivity contribution in [2.24, 2.45) is 5.92 Å². The third kappa shape index (κ3) is 7.91. The summed E-state index contributed by atoms with van der Waals surface area (Å²) in [4.78, 5) is 11.7. The topological polar surface area (TPSA) is 38.3 Å². The Kier molecular flexibility index (Phi) is 9.63. The van der Waals surface area contributed by atoms with Crippen LogP contribution in [0.1, 0.15) is 44.6 Å². The molecule has 1 atom stereocenters. The third-order valence-electron chi connectivity index (χ3n) is 3.78. The van der Waals surface area contributed by atoms with E-state index in [1.54, 1.807) is 0 Å². The summed E-state index contributed by atoms with van der Waals surface area (Å²) in [6.45, 7) is 4.10. The zero-order valence-electron chi connectivity index (χ0n) is 13.4. The zero-order chi connectivity index (χ0) is 15.3. The lowest BCUT2D eigenvalue weighted by molar-refractivity contribution is -0.139. The largest absolute Gasteiger partial charge is 0.543 e. The molecule has 1 N–H and O–H groups in total. The predicted molar refractivity (Wildman–Crippen MR) is 89.9 cm³/mol. The van der Waals surface area contributed by atoms with Crippen LogP contribution in [0.4, 0.5) is 0 Å². The Morgan fingerprint density at radius 1 is 1.19 bits per heavy atom. The normalized spacial score (nSPS) is 12.0. The summed E-state index contributed by atoms with van der Waals surface area (Å²) in [6.07, 6.45) is 6.18. The van der Waals surface area contributed by atoms with Crippen LogP contribution in [0.2, 0.25) is 0 Å². The molecule has 0 heterocycles. The first-order chi connectivity index (χ1) is 10.3. The molecule has 1 aromatic rings. The second kappa shape index (κ2) is 11.4. The minimum Gasteiger partial charge on any atom is -0.543 e. The van der Waals surface area contributed by atoms with E-state index >= 15 is 0 Å². The van der Waals surface area contributed by atoms with Crippen molar-refractivity contribution in [2.75, 3.05) is 13.1 Å². The summed E-state index contributed by atoms with van der Waals surface area (Å²) in [5.74, 6) is 0.0265. The van der Waals surface area contributed by atoms with Crippen LogP contribution in [-0.2, 0) is 15.9 Å². The van der Waals surface area contributed by atoms with Crippen LogP contribution in [0.25, 0.3) is 0 Å². The van der Waals surface area contributed by atoms with Crippen molar-refractivity contribution >= 4 is 14.0 Å². The van der Waals surface area contributed by atoms with Gasteiger partial charge in [-0.3, -0.25) is 4.79 Å². The van der Waals surface area contributed by atoms with Crippen LogP contribution in [0.5, 0.6) is 0 Å². The number of hydrogen-bond acceptors (Lipinski definition) is 3. The summed E-state index contributed by atoms with van der Waals surface area (Å²) < 4.78 is 4.89. The van der Waals surface area contributed by atoms with Crippen LogP contribution in [0, 0.1) is 5.92 Å². The van der Waals surface area contributed by atoms with Crippen molar-refractivity contribution in [3.8, 4) is 0 Å². The molecular weight excluding hydrogens is 261 g/mol. The fourth-order valence-corrected chi connectivity index (χ4v) is 2.47. The third-order valence-corrected chi connectivity index (χ3v) is 3.78. The predicted octanol–water partition coefficient (Wildman–Crippen LogP) is 2.50. The molecule has 0 saturated carbocycles. The van der Waals surface area contributed by atoms with Gasteiger partial charge in [-0.25, -0.2) is 0 Å². The van der Waals surface area contributed by atoms with Gasteiger partial charge in [0.25, 0.3) is 5.97 Å². The Morgan fingerprint density at radius 2 is 1.90 bits per heavy atom. The minimum atomic E-state index is -0.0484. The number of rotatable bonds is 11. The highest BCUT2D eigenvalue weighted by molar-refractivity contribution is 6.05. The Morgan fingerprint density at radius 3 is 2.57 bits per heavy atom. The highest BCUT2D eigenvalue weighted by atomic mass is 16.5. The maximum absolute atomic E-state index is 11.7. The standard InChI is InChI=1S/C17H28BNO2/c1-2-3-10-16(17(20)21-18)11-7-13-19-14-12-15-8-5-4-6-9-15/h4-6,8-9,16,19H,2-3,7,10-14,18H2,1H3. The van der Waals surface area contributed by atoms with Gasteiger partial charge in [0.05, 0.1) is 5.92 Å². The van der Waals surface area contributed by atoms with Crippen molar-refractivity contribution < 1.29 is 9.45 Å². The average molecular weight is 289 g/mol. The lowest BCUT2D eigenvalue weighted by atomic mass is 9.96. The van der Waals surface area contributed by atoms with E-state index in [0.717, 1.165) is 51.6 Å². The Bertz CT molecular complexity index is 384. The van der Waals surface area contributed by atoms with Gasteiger partial charge in [-0.2, -0.15) is 0 Å². The molecule has 0 amide bonds. The fourth-order valence-electron chi connectivity index (χ4n) is 2.47. The second-order valence-corrected chi connectivity index (χ2v) is 5.49. The van der Waals surface area contributed by atoms with Crippen molar-refractivity contribution in [1.82, 2.24) is 5.32 Å². The number of carbonyl (C=O) groups is 1. The van der Waals surface area contributed by atoms with E-state index in [4.69, 9.17) is 4.65 Å².